The van der Waals surface area contributed by atoms with Crippen molar-refractivity contribution in [1.82, 2.24) is 4.23 Å². The maximum atomic E-state index is 6.05. The minimum atomic E-state index is -1.51. The third kappa shape index (κ3) is 2.87. The highest BCUT2D eigenvalue weighted by molar-refractivity contribution is 6.75. The summed E-state index contributed by atoms with van der Waals surface area (Å²) < 4.78 is 8.49. The van der Waals surface area contributed by atoms with E-state index in [0.717, 1.165) is 5.75 Å². The van der Waals surface area contributed by atoms with E-state index in [9.17, 15) is 0 Å². The van der Waals surface area contributed by atoms with Crippen LogP contribution in [0.5, 0.6) is 5.75 Å². The van der Waals surface area contributed by atoms with Crippen LogP contribution in [0.2, 0.25) is 39.3 Å². The molecule has 2 aromatic rings. The number of rotatable bonds is 3. The van der Waals surface area contributed by atoms with Gasteiger partial charge in [0.1, 0.15) is 5.75 Å². The summed E-state index contributed by atoms with van der Waals surface area (Å²) in [5.74, 6) is 1.01. The molecule has 0 saturated heterocycles. The molecule has 1 aromatic heterocycles. The predicted molar refractivity (Wildman–Crippen MR) is 84.7 cm³/mol. The molecule has 4 heteroatoms. The molecule has 0 N–H and O–H groups in total. The third-order valence-corrected chi connectivity index (χ3v) is 5.49. The Kier molecular flexibility index (Phi) is 3.19. The van der Waals surface area contributed by atoms with Crippen LogP contribution in [-0.2, 0) is 0 Å². The number of fused-ring (bicyclic) bond motifs is 1. The largest absolute Gasteiger partial charge is 0.544 e. The molecule has 0 bridgehead atoms. The van der Waals surface area contributed by atoms with Crippen molar-refractivity contribution in [3.05, 3.63) is 30.5 Å². The van der Waals surface area contributed by atoms with E-state index in [1.54, 1.807) is 0 Å². The van der Waals surface area contributed by atoms with Crippen molar-refractivity contribution < 1.29 is 4.43 Å². The molecule has 0 amide bonds. The van der Waals surface area contributed by atoms with Crippen LogP contribution in [0.3, 0.4) is 0 Å². The fourth-order valence-electron chi connectivity index (χ4n) is 2.12. The van der Waals surface area contributed by atoms with Crippen LogP contribution in [0.4, 0.5) is 0 Å². The quantitative estimate of drug-likeness (QED) is 0.751. The Morgan fingerprint density at radius 1 is 0.944 bits per heavy atom. The Labute approximate surface area is 112 Å². The van der Waals surface area contributed by atoms with Crippen molar-refractivity contribution in [3.8, 4) is 5.75 Å². The molecule has 0 unspecified atom stereocenters. The molecule has 18 heavy (non-hydrogen) atoms. The first-order chi connectivity index (χ1) is 8.17. The summed E-state index contributed by atoms with van der Waals surface area (Å²) in [5.41, 5.74) is 1.33. The van der Waals surface area contributed by atoms with Gasteiger partial charge in [0.25, 0.3) is 0 Å². The van der Waals surface area contributed by atoms with Crippen LogP contribution >= 0.6 is 0 Å². The smallest absolute Gasteiger partial charge is 0.242 e. The van der Waals surface area contributed by atoms with E-state index in [4.69, 9.17) is 4.43 Å². The molecular weight excluding hydrogens is 254 g/mol. The van der Waals surface area contributed by atoms with Crippen molar-refractivity contribution in [1.29, 1.82) is 0 Å². The first-order valence-electron chi connectivity index (χ1n) is 6.47. The minimum absolute atomic E-state index is 1.01. The molecule has 0 saturated carbocycles. The maximum Gasteiger partial charge on any atom is 0.242 e. The summed E-state index contributed by atoms with van der Waals surface area (Å²) in [6.45, 7) is 13.7. The fourth-order valence-corrected chi connectivity index (χ4v) is 4.40. The molecular formula is C14H23NOSi2. The molecule has 98 valence electrons. The predicted octanol–water partition coefficient (Wildman–Crippen LogP) is 4.54. The van der Waals surface area contributed by atoms with E-state index in [-0.39, 0.29) is 0 Å². The molecule has 2 nitrogen and oxygen atoms in total. The molecule has 0 atom stereocenters. The van der Waals surface area contributed by atoms with Crippen molar-refractivity contribution in [2.75, 3.05) is 0 Å². The zero-order valence-corrected chi connectivity index (χ0v) is 14.2. The van der Waals surface area contributed by atoms with Gasteiger partial charge in [-0.15, -0.1) is 0 Å². The lowest BCUT2D eigenvalue weighted by Gasteiger charge is -2.21. The van der Waals surface area contributed by atoms with E-state index in [2.05, 4.69) is 74.0 Å². The first kappa shape index (κ1) is 13.4. The third-order valence-electron chi connectivity index (χ3n) is 2.81. The second-order valence-electron chi connectivity index (χ2n) is 6.79. The Balaban J connectivity index is 2.43. The molecule has 2 rings (SSSR count). The topological polar surface area (TPSA) is 14.2 Å². The summed E-state index contributed by atoms with van der Waals surface area (Å²) in [6.07, 6.45) is 2.22. The highest BCUT2D eigenvalue weighted by atomic mass is 28.4. The lowest BCUT2D eigenvalue weighted by atomic mass is 10.2. The number of aromatic nitrogens is 1. The Bertz CT molecular complexity index is 561. The van der Waals surface area contributed by atoms with E-state index < -0.39 is 16.6 Å². The molecule has 0 aliphatic rings. The minimum Gasteiger partial charge on any atom is -0.544 e. The number of hydrogen-bond acceptors (Lipinski definition) is 1. The van der Waals surface area contributed by atoms with Gasteiger partial charge in [-0.25, -0.2) is 0 Å². The van der Waals surface area contributed by atoms with Gasteiger partial charge in [0.2, 0.25) is 8.32 Å². The van der Waals surface area contributed by atoms with Crippen molar-refractivity contribution >= 4 is 27.5 Å². The van der Waals surface area contributed by atoms with Crippen molar-refractivity contribution in [3.63, 3.8) is 0 Å². The first-order valence-corrected chi connectivity index (χ1v) is 13.3. The van der Waals surface area contributed by atoms with Crippen molar-refractivity contribution in [2.24, 2.45) is 0 Å². The summed E-state index contributed by atoms with van der Waals surface area (Å²) in [7, 11) is -2.84. The lowest BCUT2D eigenvalue weighted by Crippen LogP contribution is -2.31. The monoisotopic (exact) mass is 277 g/mol. The Morgan fingerprint density at radius 3 is 2.17 bits per heavy atom. The van der Waals surface area contributed by atoms with Gasteiger partial charge in [-0.1, -0.05) is 19.6 Å². The summed E-state index contributed by atoms with van der Waals surface area (Å²) >= 11 is 0. The summed E-state index contributed by atoms with van der Waals surface area (Å²) in [5, 5.41) is 1.29. The van der Waals surface area contributed by atoms with Crippen LogP contribution in [0.25, 0.3) is 10.9 Å². The zero-order chi connectivity index (χ0) is 13.6. The van der Waals surface area contributed by atoms with Gasteiger partial charge in [0.15, 0.2) is 8.24 Å². The summed E-state index contributed by atoms with van der Waals surface area (Å²) in [6, 6.07) is 8.68. The van der Waals surface area contributed by atoms with E-state index in [1.165, 1.54) is 10.9 Å². The highest BCUT2D eigenvalue weighted by Crippen LogP contribution is 2.26. The van der Waals surface area contributed by atoms with Crippen LogP contribution in [0, 0.1) is 0 Å². The van der Waals surface area contributed by atoms with Gasteiger partial charge >= 0.3 is 0 Å². The van der Waals surface area contributed by atoms with Gasteiger partial charge in [-0.2, -0.15) is 0 Å². The Morgan fingerprint density at radius 2 is 1.61 bits per heavy atom. The molecule has 0 fully saturated rings. The molecule has 0 aliphatic heterocycles. The molecule has 1 heterocycles. The second-order valence-corrected chi connectivity index (χ2v) is 16.0. The van der Waals surface area contributed by atoms with Crippen molar-refractivity contribution in [2.45, 2.75) is 39.3 Å². The SMILES string of the molecule is C[Si](C)(C)Oc1ccc2c(ccn2[Si](C)(C)C)c1. The van der Waals surface area contributed by atoms with Gasteiger partial charge < -0.3 is 8.66 Å². The second kappa shape index (κ2) is 4.28. The van der Waals surface area contributed by atoms with E-state index >= 15 is 0 Å². The van der Waals surface area contributed by atoms with Crippen LogP contribution in [0.1, 0.15) is 0 Å². The van der Waals surface area contributed by atoms with Crippen LogP contribution in [0.15, 0.2) is 30.5 Å². The average molecular weight is 278 g/mol. The van der Waals surface area contributed by atoms with Gasteiger partial charge in [0, 0.05) is 10.9 Å². The van der Waals surface area contributed by atoms with Gasteiger partial charge in [0.05, 0.1) is 0 Å². The lowest BCUT2D eigenvalue weighted by molar-refractivity contribution is 0.558. The summed E-state index contributed by atoms with van der Waals surface area (Å²) in [4.78, 5) is 0. The average Bonchev–Trinajstić information content (AvgIpc) is 2.56. The number of nitrogens with zero attached hydrogens (tertiary/aromatic N) is 1. The van der Waals surface area contributed by atoms with E-state index in [1.807, 2.05) is 0 Å². The standard InChI is InChI=1S/C14H23NOSi2/c1-17(2,3)15-10-9-12-11-13(7-8-14(12)15)16-18(4,5)6/h7-11H,1-6H3. The normalized spacial score (nSPS) is 13.0. The maximum absolute atomic E-state index is 6.05. The van der Waals surface area contributed by atoms with Gasteiger partial charge in [-0.05, 0) is 50.1 Å². The van der Waals surface area contributed by atoms with E-state index in [0.29, 0.717) is 0 Å². The highest BCUT2D eigenvalue weighted by Gasteiger charge is 2.19. The van der Waals surface area contributed by atoms with Gasteiger partial charge in [-0.3, -0.25) is 0 Å². The molecule has 1 aromatic carbocycles. The Hall–Kier alpha value is -1.01. The number of hydrogen-bond donors (Lipinski definition) is 0. The molecule has 0 spiro atoms. The fraction of sp³-hybridized carbons (Fsp3) is 0.429. The molecule has 0 radical (unpaired) electrons. The van der Waals surface area contributed by atoms with Crippen LogP contribution < -0.4 is 4.43 Å². The molecule has 0 aliphatic carbocycles. The zero-order valence-electron chi connectivity index (χ0n) is 12.2. The van der Waals surface area contributed by atoms with Crippen LogP contribution in [-0.4, -0.2) is 20.8 Å². The number of benzene rings is 1.